The molecule has 0 spiro atoms. The summed E-state index contributed by atoms with van der Waals surface area (Å²) in [6, 6.07) is 15.6. The lowest BCUT2D eigenvalue weighted by Crippen LogP contribution is -2.56. The van der Waals surface area contributed by atoms with Crippen molar-refractivity contribution in [2.24, 2.45) is 0 Å². The van der Waals surface area contributed by atoms with Gasteiger partial charge in [0.2, 0.25) is 0 Å². The smallest absolute Gasteiger partial charge is 0.335 e. The van der Waals surface area contributed by atoms with Gasteiger partial charge >= 0.3 is 18.0 Å². The maximum atomic E-state index is 13.4. The molecule has 44 heavy (non-hydrogen) atoms. The fraction of sp³-hybridized carbons (Fsp3) is 0.161. The molecule has 5 N–H and O–H groups in total. The average molecular weight is 598 g/mol. The summed E-state index contributed by atoms with van der Waals surface area (Å²) in [4.78, 5) is 81.1. The molecule has 13 nitrogen and oxygen atoms in total. The van der Waals surface area contributed by atoms with Gasteiger partial charge in [-0.3, -0.25) is 14.4 Å². The van der Waals surface area contributed by atoms with E-state index in [9.17, 15) is 39.0 Å². The summed E-state index contributed by atoms with van der Waals surface area (Å²) >= 11 is 0. The summed E-state index contributed by atoms with van der Waals surface area (Å²) in [5.74, 6) is -4.34. The largest absolute Gasteiger partial charge is 0.478 e. The Kier molecular flexibility index (Phi) is 8.11. The van der Waals surface area contributed by atoms with Crippen LogP contribution in [0.25, 0.3) is 10.9 Å². The number of nitrogens with one attached hydrogen (secondary N) is 3. The van der Waals surface area contributed by atoms with E-state index in [1.165, 1.54) is 11.1 Å². The average Bonchev–Trinajstić information content (AvgIpc) is 3.45. The van der Waals surface area contributed by atoms with Crippen LogP contribution in [0, 0.1) is 0 Å². The van der Waals surface area contributed by atoms with Crippen LogP contribution in [0.5, 0.6) is 0 Å². The molecular formula is C31H27N5O8. The third-order valence-corrected chi connectivity index (χ3v) is 7.28. The zero-order valence-electron chi connectivity index (χ0n) is 23.4. The van der Waals surface area contributed by atoms with Gasteiger partial charge < -0.3 is 35.6 Å². The molecule has 1 atom stereocenters. The third kappa shape index (κ3) is 5.97. The van der Waals surface area contributed by atoms with Crippen LogP contribution < -0.4 is 10.6 Å². The molecule has 0 radical (unpaired) electrons. The highest BCUT2D eigenvalue weighted by atomic mass is 16.4. The maximum Gasteiger partial charge on any atom is 0.335 e. The minimum absolute atomic E-state index is 0.0559. The second-order valence-electron chi connectivity index (χ2n) is 10.2. The summed E-state index contributed by atoms with van der Waals surface area (Å²) in [5.41, 5.74) is 0.558. The minimum Gasteiger partial charge on any atom is -0.478 e. The highest BCUT2D eigenvalue weighted by molar-refractivity contribution is 6.45. The molecule has 0 saturated carbocycles. The van der Waals surface area contributed by atoms with Crippen LogP contribution in [-0.2, 0) is 4.79 Å². The predicted molar refractivity (Wildman–Crippen MR) is 159 cm³/mol. The van der Waals surface area contributed by atoms with Gasteiger partial charge in [-0.2, -0.15) is 0 Å². The van der Waals surface area contributed by atoms with E-state index >= 15 is 0 Å². The number of amides is 4. The van der Waals surface area contributed by atoms with E-state index in [-0.39, 0.29) is 53.6 Å². The van der Waals surface area contributed by atoms with Crippen molar-refractivity contribution < 1.29 is 39.0 Å². The number of Topliss-reactive ketones (excluding diaryl/α,β-unsaturated/α-hetero) is 1. The first kappa shape index (κ1) is 29.5. The number of piperazine rings is 1. The van der Waals surface area contributed by atoms with Crippen molar-refractivity contribution in [1.82, 2.24) is 14.8 Å². The number of nitrogens with zero attached hydrogens (tertiary/aromatic N) is 2. The number of para-hydroxylation sites is 1. The second-order valence-corrected chi connectivity index (χ2v) is 10.2. The number of H-pyrrole nitrogens is 1. The van der Waals surface area contributed by atoms with E-state index in [0.29, 0.717) is 16.5 Å². The van der Waals surface area contributed by atoms with E-state index in [4.69, 9.17) is 0 Å². The molecule has 4 amide bonds. The molecule has 1 fully saturated rings. The number of fused-ring (bicyclic) bond motifs is 1. The molecule has 2 heterocycles. The number of ketones is 1. The SMILES string of the molecule is CC1CN(C(=O)c2ccccc2)CCN1C(=O)C(=O)c1c[nH]c2c(NC(=O)Nc3cc(C(=O)O)cc(C(=O)O)c3)cccc12. The quantitative estimate of drug-likeness (QED) is 0.157. The lowest BCUT2D eigenvalue weighted by Gasteiger charge is -2.39. The standard InChI is InChI=1S/C31H27N5O8/c1-17-16-35(27(38)18-6-3-2-4-7-18)10-11-36(17)28(39)26(37)23-15-32-25-22(23)8-5-9-24(25)34-31(44)33-21-13-19(29(40)41)12-20(14-21)30(42)43/h2-9,12-15,17,32H,10-11,16H2,1H3,(H,40,41)(H,42,43)(H2,33,34,44). The highest BCUT2D eigenvalue weighted by Gasteiger charge is 2.34. The first-order chi connectivity index (χ1) is 21.0. The molecule has 0 bridgehead atoms. The van der Waals surface area contributed by atoms with Crippen LogP contribution in [0.2, 0.25) is 0 Å². The van der Waals surface area contributed by atoms with Gasteiger partial charge in [0.05, 0.1) is 27.9 Å². The van der Waals surface area contributed by atoms with Crippen molar-refractivity contribution in [2.45, 2.75) is 13.0 Å². The van der Waals surface area contributed by atoms with Gasteiger partial charge in [0.1, 0.15) is 0 Å². The Morgan fingerprint density at radius 3 is 2.14 bits per heavy atom. The number of hydrogen-bond donors (Lipinski definition) is 5. The number of urea groups is 1. The van der Waals surface area contributed by atoms with E-state index in [0.717, 1.165) is 18.2 Å². The van der Waals surface area contributed by atoms with E-state index in [1.807, 2.05) is 6.07 Å². The number of carboxylic acid groups (broad SMARTS) is 2. The first-order valence-electron chi connectivity index (χ1n) is 13.5. The zero-order chi connectivity index (χ0) is 31.5. The number of rotatable bonds is 7. The normalized spacial score (nSPS) is 14.6. The first-order valence-corrected chi connectivity index (χ1v) is 13.5. The summed E-state index contributed by atoms with van der Waals surface area (Å²) in [5, 5.41) is 23.9. The Balaban J connectivity index is 1.29. The molecule has 1 aliphatic rings. The van der Waals surface area contributed by atoms with E-state index in [1.54, 1.807) is 54.3 Å². The van der Waals surface area contributed by atoms with Crippen molar-refractivity contribution in [3.63, 3.8) is 0 Å². The molecular weight excluding hydrogens is 570 g/mol. The molecule has 13 heteroatoms. The predicted octanol–water partition coefficient (Wildman–Crippen LogP) is 3.76. The number of carbonyl (C=O) groups excluding carboxylic acids is 4. The van der Waals surface area contributed by atoms with E-state index < -0.39 is 35.7 Å². The fourth-order valence-corrected chi connectivity index (χ4v) is 5.13. The lowest BCUT2D eigenvalue weighted by atomic mass is 10.1. The van der Waals surface area contributed by atoms with Crippen molar-refractivity contribution in [1.29, 1.82) is 0 Å². The molecule has 1 aromatic heterocycles. The Labute approximate surface area is 250 Å². The van der Waals surface area contributed by atoms with Crippen LogP contribution in [0.1, 0.15) is 48.4 Å². The molecule has 224 valence electrons. The van der Waals surface area contributed by atoms with Crippen LogP contribution >= 0.6 is 0 Å². The van der Waals surface area contributed by atoms with Gasteiger partial charge in [-0.15, -0.1) is 0 Å². The number of aromatic nitrogens is 1. The number of aromatic amines is 1. The summed E-state index contributed by atoms with van der Waals surface area (Å²) in [6.45, 7) is 2.51. The number of carbonyl (C=O) groups is 6. The number of anilines is 2. The van der Waals surface area contributed by atoms with Gasteiger partial charge in [0.25, 0.3) is 17.6 Å². The van der Waals surface area contributed by atoms with Crippen LogP contribution in [0.3, 0.4) is 0 Å². The number of aromatic carboxylic acids is 2. The summed E-state index contributed by atoms with van der Waals surface area (Å²) in [6.07, 6.45) is 1.38. The van der Waals surface area contributed by atoms with Crippen LogP contribution in [0.15, 0.2) is 72.9 Å². The van der Waals surface area contributed by atoms with Gasteiger partial charge in [0, 0.05) is 48.5 Å². The second kappa shape index (κ2) is 12.1. The third-order valence-electron chi connectivity index (χ3n) is 7.28. The number of carboxylic acids is 2. The van der Waals surface area contributed by atoms with Crippen molar-refractivity contribution in [3.8, 4) is 0 Å². The number of benzene rings is 3. The topological polar surface area (TPSA) is 189 Å². The van der Waals surface area contributed by atoms with Gasteiger partial charge in [-0.25, -0.2) is 14.4 Å². The van der Waals surface area contributed by atoms with E-state index in [2.05, 4.69) is 15.6 Å². The molecule has 5 rings (SSSR count). The van der Waals surface area contributed by atoms with Gasteiger partial charge in [-0.1, -0.05) is 30.3 Å². The Hall–Kier alpha value is -5.98. The zero-order valence-corrected chi connectivity index (χ0v) is 23.4. The molecule has 1 unspecified atom stereocenters. The Morgan fingerprint density at radius 1 is 0.818 bits per heavy atom. The van der Waals surface area contributed by atoms with Gasteiger partial charge in [-0.05, 0) is 43.3 Å². The van der Waals surface area contributed by atoms with Crippen molar-refractivity contribution in [3.05, 3.63) is 95.2 Å². The monoisotopic (exact) mass is 597 g/mol. The molecule has 1 aliphatic heterocycles. The molecule has 0 aliphatic carbocycles. The molecule has 3 aromatic carbocycles. The highest BCUT2D eigenvalue weighted by Crippen LogP contribution is 2.27. The maximum absolute atomic E-state index is 13.4. The van der Waals surface area contributed by atoms with Crippen molar-refractivity contribution in [2.75, 3.05) is 30.3 Å². The summed E-state index contributed by atoms with van der Waals surface area (Å²) < 4.78 is 0. The lowest BCUT2D eigenvalue weighted by molar-refractivity contribution is -0.130. The Bertz CT molecular complexity index is 1780. The van der Waals surface area contributed by atoms with Crippen LogP contribution in [0.4, 0.5) is 16.2 Å². The molecule has 4 aromatic rings. The van der Waals surface area contributed by atoms with Crippen molar-refractivity contribution >= 4 is 57.8 Å². The fourth-order valence-electron chi connectivity index (χ4n) is 5.13. The Morgan fingerprint density at radius 2 is 1.50 bits per heavy atom. The minimum atomic E-state index is -1.36. The van der Waals surface area contributed by atoms with Crippen LogP contribution in [-0.4, -0.2) is 86.2 Å². The number of hydrogen-bond acceptors (Lipinski definition) is 6. The van der Waals surface area contributed by atoms with Gasteiger partial charge in [0.15, 0.2) is 0 Å². The summed E-state index contributed by atoms with van der Waals surface area (Å²) in [7, 11) is 0. The molecule has 1 saturated heterocycles.